The van der Waals surface area contributed by atoms with Crippen LogP contribution in [-0.4, -0.2) is 22.3 Å². The van der Waals surface area contributed by atoms with E-state index in [4.69, 9.17) is 4.98 Å². The summed E-state index contributed by atoms with van der Waals surface area (Å²) in [5, 5.41) is 14.4. The Kier molecular flexibility index (Phi) is 5.73. The molecule has 0 amide bonds. The van der Waals surface area contributed by atoms with Crippen molar-refractivity contribution in [2.75, 3.05) is 0 Å². The van der Waals surface area contributed by atoms with Crippen LogP contribution in [0.3, 0.4) is 0 Å². The van der Waals surface area contributed by atoms with E-state index in [1.807, 2.05) is 41.0 Å². The summed E-state index contributed by atoms with van der Waals surface area (Å²) in [7, 11) is 0. The van der Waals surface area contributed by atoms with E-state index in [0.717, 1.165) is 27.8 Å². The van der Waals surface area contributed by atoms with Crippen molar-refractivity contribution in [1.29, 1.82) is 0 Å². The number of hydrogen-bond donors (Lipinski definition) is 2. The van der Waals surface area contributed by atoms with Crippen LogP contribution in [0.25, 0.3) is 12.2 Å². The van der Waals surface area contributed by atoms with Gasteiger partial charge in [0.2, 0.25) is 0 Å². The summed E-state index contributed by atoms with van der Waals surface area (Å²) in [6, 6.07) is 0.253. The molecule has 1 aromatic rings. The highest BCUT2D eigenvalue weighted by atomic mass is 127. The molecule has 4 nitrogen and oxygen atoms in total. The average Bonchev–Trinajstić information content (AvgIpc) is 3.01. The monoisotopic (exact) mass is 585 g/mol. The lowest BCUT2D eigenvalue weighted by Gasteiger charge is -2.26. The molecule has 0 aromatic carbocycles. The van der Waals surface area contributed by atoms with Crippen molar-refractivity contribution in [2.24, 2.45) is 5.10 Å². The fourth-order valence-electron chi connectivity index (χ4n) is 4.07. The van der Waals surface area contributed by atoms with Crippen molar-refractivity contribution in [2.45, 2.75) is 44.1 Å². The fourth-order valence-corrected chi connectivity index (χ4v) is 5.38. The van der Waals surface area contributed by atoms with Crippen LogP contribution in [0.2, 0.25) is 0 Å². The maximum atomic E-state index is 10.1. The van der Waals surface area contributed by atoms with E-state index >= 15 is 0 Å². The highest BCUT2D eigenvalue weighted by Crippen LogP contribution is 2.38. The van der Waals surface area contributed by atoms with Crippen LogP contribution >= 0.6 is 45.2 Å². The highest BCUT2D eigenvalue weighted by Gasteiger charge is 2.33. The third kappa shape index (κ3) is 3.74. The number of halogens is 2. The molecule has 2 N–H and O–H groups in total. The third-order valence-electron chi connectivity index (χ3n) is 5.38. The quantitative estimate of drug-likeness (QED) is 0.211. The summed E-state index contributed by atoms with van der Waals surface area (Å²) in [6.45, 7) is 3.80. The molecule has 2 unspecified atom stereocenters. The Balaban J connectivity index is 1.83. The first-order valence-corrected chi connectivity index (χ1v) is 11.4. The number of aliphatic hydroxyl groups is 1. The van der Waals surface area contributed by atoms with Crippen LogP contribution in [-0.2, 0) is 12.8 Å². The molecule has 2 aliphatic carbocycles. The summed E-state index contributed by atoms with van der Waals surface area (Å²) >= 11 is 4.18. The number of aliphatic hydroxyl groups excluding tert-OH is 1. The highest BCUT2D eigenvalue weighted by molar-refractivity contribution is 14.1. The Morgan fingerprint density at radius 1 is 1.22 bits per heavy atom. The maximum absolute atomic E-state index is 10.1. The molecule has 0 spiro atoms. The minimum absolute atomic E-state index is 0.229. The van der Waals surface area contributed by atoms with Crippen LogP contribution in [0.15, 0.2) is 36.8 Å². The Morgan fingerprint density at radius 2 is 2.00 bits per heavy atom. The van der Waals surface area contributed by atoms with Crippen LogP contribution in [0, 0.1) is 0 Å². The van der Waals surface area contributed by atoms with Gasteiger partial charge in [0.15, 0.2) is 0 Å². The standard InChI is InChI=1S/C21H21I2N3O/c1-12(22)21(27)16(23)7-8-17-13-5-3-2-4-6-14(13)20-15-11-24-26-18(15)9-10-19(20)25-17/h7-11,15,18,26-27H,1-6H2/b8-7+,21-16-. The molecule has 27 heavy (non-hydrogen) atoms. The normalized spacial score (nSPS) is 23.9. The molecule has 0 bridgehead atoms. The maximum Gasteiger partial charge on any atom is 0.141 e. The molecule has 0 fully saturated rings. The number of nitrogens with one attached hydrogen (secondary N) is 1. The zero-order valence-corrected chi connectivity index (χ0v) is 19.2. The van der Waals surface area contributed by atoms with E-state index in [2.05, 4.69) is 51.8 Å². The van der Waals surface area contributed by atoms with Gasteiger partial charge in [0, 0.05) is 15.7 Å². The predicted molar refractivity (Wildman–Crippen MR) is 129 cm³/mol. The Labute approximate surface area is 186 Å². The summed E-state index contributed by atoms with van der Waals surface area (Å²) in [5.74, 6) is 0.515. The molecule has 0 saturated heterocycles. The largest absolute Gasteiger partial charge is 0.506 e. The molecule has 1 aliphatic heterocycles. The number of hydrazone groups is 1. The van der Waals surface area contributed by atoms with Crippen LogP contribution in [0.1, 0.15) is 53.3 Å². The summed E-state index contributed by atoms with van der Waals surface area (Å²) < 4.78 is 1.41. The molecule has 0 saturated carbocycles. The average molecular weight is 585 g/mol. The SMILES string of the molecule is C=C(I)/C(O)=C(I)\C=C\c1nc2c(c3c1CCCCC3)C1C=NNC1C=C2. The molecule has 4 rings (SSSR count). The van der Waals surface area contributed by atoms with Crippen molar-refractivity contribution in [1.82, 2.24) is 10.4 Å². The first-order valence-electron chi connectivity index (χ1n) is 9.20. The van der Waals surface area contributed by atoms with Gasteiger partial charge >= 0.3 is 0 Å². The Morgan fingerprint density at radius 3 is 2.78 bits per heavy atom. The van der Waals surface area contributed by atoms with Crippen molar-refractivity contribution >= 4 is 63.5 Å². The lowest BCUT2D eigenvalue weighted by Crippen LogP contribution is -2.28. The molecule has 6 heteroatoms. The smallest absolute Gasteiger partial charge is 0.141 e. The van der Waals surface area contributed by atoms with Gasteiger partial charge in [-0.1, -0.05) is 19.1 Å². The molecule has 140 valence electrons. The number of hydrogen-bond acceptors (Lipinski definition) is 4. The van der Waals surface area contributed by atoms with Gasteiger partial charge in [0.1, 0.15) is 5.76 Å². The van der Waals surface area contributed by atoms with Gasteiger partial charge in [-0.15, -0.1) is 0 Å². The van der Waals surface area contributed by atoms with E-state index in [1.165, 1.54) is 36.0 Å². The van der Waals surface area contributed by atoms with E-state index in [-0.39, 0.29) is 17.7 Å². The van der Waals surface area contributed by atoms with Crippen molar-refractivity contribution in [3.8, 4) is 0 Å². The lowest BCUT2D eigenvalue weighted by molar-refractivity contribution is 0.431. The first kappa shape index (κ1) is 19.2. The molecule has 0 radical (unpaired) electrons. The van der Waals surface area contributed by atoms with Gasteiger partial charge in [-0.05, 0) is 106 Å². The minimum Gasteiger partial charge on any atom is -0.506 e. The van der Waals surface area contributed by atoms with Crippen LogP contribution in [0.4, 0.5) is 0 Å². The van der Waals surface area contributed by atoms with Crippen molar-refractivity contribution in [3.05, 3.63) is 59.7 Å². The van der Waals surface area contributed by atoms with Crippen LogP contribution in [0.5, 0.6) is 0 Å². The second-order valence-electron chi connectivity index (χ2n) is 7.07. The van der Waals surface area contributed by atoms with E-state index in [9.17, 15) is 5.11 Å². The lowest BCUT2D eigenvalue weighted by atomic mass is 9.81. The Bertz CT molecular complexity index is 914. The van der Waals surface area contributed by atoms with Gasteiger partial charge in [0.05, 0.1) is 21.0 Å². The number of allylic oxidation sites excluding steroid dienone is 3. The first-order chi connectivity index (χ1) is 13.1. The number of pyridine rings is 1. The molecular weight excluding hydrogens is 564 g/mol. The number of rotatable bonds is 3. The van der Waals surface area contributed by atoms with Crippen molar-refractivity contribution in [3.63, 3.8) is 0 Å². The van der Waals surface area contributed by atoms with Gasteiger partial charge in [-0.3, -0.25) is 0 Å². The van der Waals surface area contributed by atoms with E-state index in [0.29, 0.717) is 3.58 Å². The molecule has 1 aromatic heterocycles. The fraction of sp³-hybridized carbons (Fsp3) is 0.333. The van der Waals surface area contributed by atoms with E-state index < -0.39 is 0 Å². The van der Waals surface area contributed by atoms with Gasteiger partial charge in [-0.25, -0.2) is 4.98 Å². The number of nitrogens with zero attached hydrogens (tertiary/aromatic N) is 2. The summed E-state index contributed by atoms with van der Waals surface area (Å²) in [4.78, 5) is 5.01. The zero-order valence-electron chi connectivity index (χ0n) is 14.9. The van der Waals surface area contributed by atoms with Crippen LogP contribution < -0.4 is 5.43 Å². The molecule has 2 heterocycles. The van der Waals surface area contributed by atoms with Gasteiger partial charge < -0.3 is 10.5 Å². The second kappa shape index (κ2) is 8.06. The van der Waals surface area contributed by atoms with E-state index in [1.54, 1.807) is 0 Å². The Hall–Kier alpha value is -1.16. The summed E-state index contributed by atoms with van der Waals surface area (Å²) in [6.07, 6.45) is 16.2. The number of aromatic nitrogens is 1. The van der Waals surface area contributed by atoms with Crippen molar-refractivity contribution < 1.29 is 5.11 Å². The number of fused-ring (bicyclic) bond motifs is 5. The predicted octanol–water partition coefficient (Wildman–Crippen LogP) is 5.59. The molecule has 3 aliphatic rings. The second-order valence-corrected chi connectivity index (χ2v) is 9.53. The van der Waals surface area contributed by atoms with Gasteiger partial charge in [-0.2, -0.15) is 5.10 Å². The molecule has 2 atom stereocenters. The third-order valence-corrected chi connectivity index (χ3v) is 6.76. The summed E-state index contributed by atoms with van der Waals surface area (Å²) in [5.41, 5.74) is 9.48. The minimum atomic E-state index is 0.229. The van der Waals surface area contributed by atoms with Gasteiger partial charge in [0.25, 0.3) is 0 Å². The zero-order chi connectivity index (χ0) is 19.0. The topological polar surface area (TPSA) is 57.5 Å². The molecular formula is C21H21I2N3O.